The largest absolute Gasteiger partial charge is 0.376 e. The molecule has 6 nitrogen and oxygen atoms in total. The Morgan fingerprint density at radius 3 is 2.45 bits per heavy atom. The third-order valence-corrected chi connectivity index (χ3v) is 5.38. The fraction of sp³-hybridized carbons (Fsp3) is 0.150. The molecule has 0 atom stereocenters. The number of benzene rings is 2. The Morgan fingerprint density at radius 2 is 1.79 bits per heavy atom. The molecule has 0 saturated heterocycles. The Morgan fingerprint density at radius 1 is 1.10 bits per heavy atom. The maximum absolute atomic E-state index is 13.3. The summed E-state index contributed by atoms with van der Waals surface area (Å²) in [5, 5.41) is 4.10. The first-order chi connectivity index (χ1) is 13.9. The van der Waals surface area contributed by atoms with Gasteiger partial charge in [-0.3, -0.25) is 9.69 Å². The lowest BCUT2D eigenvalue weighted by Gasteiger charge is -2.20. The van der Waals surface area contributed by atoms with Crippen LogP contribution in [0, 0.1) is 0 Å². The molecule has 0 bridgehead atoms. The second kappa shape index (κ2) is 9.37. The third kappa shape index (κ3) is 4.94. The fourth-order valence-corrected chi connectivity index (χ4v) is 3.53. The molecular weight excluding hydrogens is 433 g/mol. The number of hydroxylamine groups is 2. The zero-order chi connectivity index (χ0) is 21.0. The van der Waals surface area contributed by atoms with Gasteiger partial charge in [0.15, 0.2) is 10.8 Å². The molecule has 3 aromatic rings. The first-order valence-corrected chi connectivity index (χ1v) is 10.3. The smallest absolute Gasteiger partial charge is 0.363 e. The van der Waals surface area contributed by atoms with Crippen molar-refractivity contribution in [3.8, 4) is 0 Å². The number of amides is 1. The SMILES string of the molecule is CCN(C)OC(=O)c1csc(N(C(=O)c2ccccc2Cl)c2ccc(Cl)cc2)n1. The van der Waals surface area contributed by atoms with Gasteiger partial charge in [-0.1, -0.05) is 35.3 Å². The Labute approximate surface area is 182 Å². The number of nitrogens with zero attached hydrogens (tertiary/aromatic N) is 3. The number of thiazole rings is 1. The highest BCUT2D eigenvalue weighted by atomic mass is 35.5. The van der Waals surface area contributed by atoms with Gasteiger partial charge in [-0.15, -0.1) is 16.4 Å². The number of rotatable bonds is 6. The normalized spacial score (nSPS) is 10.8. The highest BCUT2D eigenvalue weighted by Gasteiger charge is 2.26. The van der Waals surface area contributed by atoms with Crippen LogP contribution in [0.2, 0.25) is 10.0 Å². The van der Waals surface area contributed by atoms with Crippen molar-refractivity contribution in [2.75, 3.05) is 18.5 Å². The molecule has 1 amide bonds. The highest BCUT2D eigenvalue weighted by molar-refractivity contribution is 7.14. The molecule has 1 heterocycles. The fourth-order valence-electron chi connectivity index (χ4n) is 2.37. The molecule has 3 rings (SSSR count). The molecule has 0 aliphatic rings. The van der Waals surface area contributed by atoms with E-state index < -0.39 is 5.97 Å². The van der Waals surface area contributed by atoms with Gasteiger partial charge in [0.25, 0.3) is 5.91 Å². The lowest BCUT2D eigenvalue weighted by Crippen LogP contribution is -2.26. The van der Waals surface area contributed by atoms with Crippen LogP contribution in [0.25, 0.3) is 0 Å². The minimum Gasteiger partial charge on any atom is -0.363 e. The monoisotopic (exact) mass is 449 g/mol. The third-order valence-electron chi connectivity index (χ3n) is 3.97. The number of hydrogen-bond donors (Lipinski definition) is 0. The van der Waals surface area contributed by atoms with E-state index in [9.17, 15) is 9.59 Å². The van der Waals surface area contributed by atoms with Gasteiger partial charge in [0.05, 0.1) is 16.3 Å². The zero-order valence-electron chi connectivity index (χ0n) is 15.6. The van der Waals surface area contributed by atoms with Crippen molar-refractivity contribution in [2.24, 2.45) is 0 Å². The van der Waals surface area contributed by atoms with E-state index >= 15 is 0 Å². The van der Waals surface area contributed by atoms with Gasteiger partial charge in [0.2, 0.25) is 0 Å². The van der Waals surface area contributed by atoms with E-state index in [2.05, 4.69) is 4.98 Å². The van der Waals surface area contributed by atoms with Crippen LogP contribution >= 0.6 is 34.5 Å². The molecular formula is C20H17Cl2N3O3S. The molecule has 0 unspecified atom stereocenters. The zero-order valence-corrected chi connectivity index (χ0v) is 18.0. The van der Waals surface area contributed by atoms with Crippen LogP contribution in [0.5, 0.6) is 0 Å². The molecule has 0 aliphatic heterocycles. The summed E-state index contributed by atoms with van der Waals surface area (Å²) in [6.45, 7) is 2.38. The van der Waals surface area contributed by atoms with Gasteiger partial charge in [-0.05, 0) is 43.3 Å². The van der Waals surface area contributed by atoms with E-state index in [4.69, 9.17) is 28.0 Å². The molecule has 1 aromatic heterocycles. The van der Waals surface area contributed by atoms with Crippen molar-refractivity contribution in [1.82, 2.24) is 10.0 Å². The van der Waals surface area contributed by atoms with E-state index in [1.54, 1.807) is 61.0 Å². The molecule has 2 aromatic carbocycles. The molecule has 0 saturated carbocycles. The molecule has 0 N–H and O–H groups in total. The Balaban J connectivity index is 2.00. The van der Waals surface area contributed by atoms with Crippen molar-refractivity contribution in [3.05, 3.63) is 75.2 Å². The lowest BCUT2D eigenvalue weighted by molar-refractivity contribution is -0.0871. The van der Waals surface area contributed by atoms with Crippen LogP contribution < -0.4 is 4.90 Å². The van der Waals surface area contributed by atoms with Crippen LogP contribution in [0.1, 0.15) is 27.8 Å². The second-order valence-electron chi connectivity index (χ2n) is 5.94. The van der Waals surface area contributed by atoms with Crippen LogP contribution in [0.4, 0.5) is 10.8 Å². The van der Waals surface area contributed by atoms with Gasteiger partial charge in [0, 0.05) is 24.0 Å². The van der Waals surface area contributed by atoms with Crippen molar-refractivity contribution in [2.45, 2.75) is 6.92 Å². The van der Waals surface area contributed by atoms with Gasteiger partial charge >= 0.3 is 5.97 Å². The van der Waals surface area contributed by atoms with Crippen molar-refractivity contribution >= 4 is 57.2 Å². The molecule has 0 spiro atoms. The summed E-state index contributed by atoms with van der Waals surface area (Å²) in [6.07, 6.45) is 0. The minimum atomic E-state index is -0.599. The number of carbonyl (C=O) groups excluding carboxylic acids is 2. The quantitative estimate of drug-likeness (QED) is 0.468. The highest BCUT2D eigenvalue weighted by Crippen LogP contribution is 2.32. The topological polar surface area (TPSA) is 62.7 Å². The Hall–Kier alpha value is -2.45. The van der Waals surface area contributed by atoms with E-state index in [1.165, 1.54) is 9.96 Å². The molecule has 0 radical (unpaired) electrons. The van der Waals surface area contributed by atoms with Crippen LogP contribution in [0.3, 0.4) is 0 Å². The van der Waals surface area contributed by atoms with Crippen LogP contribution in [0.15, 0.2) is 53.9 Å². The van der Waals surface area contributed by atoms with Crippen LogP contribution in [-0.2, 0) is 4.84 Å². The maximum atomic E-state index is 13.3. The molecule has 0 aliphatic carbocycles. The average molecular weight is 450 g/mol. The van der Waals surface area contributed by atoms with Gasteiger partial charge in [-0.2, -0.15) is 0 Å². The molecule has 0 fully saturated rings. The number of anilines is 2. The van der Waals surface area contributed by atoms with Gasteiger partial charge in [-0.25, -0.2) is 9.78 Å². The standard InChI is InChI=1S/C20H17Cl2N3O3S/c1-3-24(2)28-19(27)17-12-29-20(23-17)25(14-10-8-13(21)9-11-14)18(26)15-6-4-5-7-16(15)22/h4-12H,3H2,1-2H3. The predicted molar refractivity (Wildman–Crippen MR) is 115 cm³/mol. The average Bonchev–Trinajstić information content (AvgIpc) is 3.19. The number of aromatic nitrogens is 1. The summed E-state index contributed by atoms with van der Waals surface area (Å²) in [7, 11) is 1.64. The summed E-state index contributed by atoms with van der Waals surface area (Å²) in [5.41, 5.74) is 0.963. The predicted octanol–water partition coefficient (Wildman–Crippen LogP) is 5.45. The minimum absolute atomic E-state index is 0.108. The summed E-state index contributed by atoms with van der Waals surface area (Å²) in [4.78, 5) is 36.4. The maximum Gasteiger partial charge on any atom is 0.376 e. The molecule has 150 valence electrons. The summed E-state index contributed by atoms with van der Waals surface area (Å²) in [5.74, 6) is -0.976. The van der Waals surface area contributed by atoms with Crippen molar-refractivity contribution in [1.29, 1.82) is 0 Å². The van der Waals surface area contributed by atoms with E-state index in [1.807, 2.05) is 6.92 Å². The van der Waals surface area contributed by atoms with E-state index in [0.29, 0.717) is 33.0 Å². The first-order valence-electron chi connectivity index (χ1n) is 8.64. The number of carbonyl (C=O) groups is 2. The Bertz CT molecular complexity index is 1020. The van der Waals surface area contributed by atoms with Gasteiger partial charge in [0.1, 0.15) is 0 Å². The van der Waals surface area contributed by atoms with Crippen molar-refractivity contribution < 1.29 is 14.4 Å². The van der Waals surface area contributed by atoms with Gasteiger partial charge < -0.3 is 4.84 Å². The number of halogens is 2. The molecule has 29 heavy (non-hydrogen) atoms. The summed E-state index contributed by atoms with van der Waals surface area (Å²) < 4.78 is 0. The lowest BCUT2D eigenvalue weighted by atomic mass is 10.2. The summed E-state index contributed by atoms with van der Waals surface area (Å²) in [6, 6.07) is 13.5. The van der Waals surface area contributed by atoms with Crippen LogP contribution in [-0.4, -0.2) is 35.5 Å². The number of hydrogen-bond acceptors (Lipinski definition) is 6. The molecule has 9 heteroatoms. The Kier molecular flexibility index (Phi) is 6.87. The van der Waals surface area contributed by atoms with Crippen molar-refractivity contribution in [3.63, 3.8) is 0 Å². The first kappa shape index (κ1) is 21.3. The van der Waals surface area contributed by atoms with E-state index in [-0.39, 0.29) is 11.6 Å². The van der Waals surface area contributed by atoms with E-state index in [0.717, 1.165) is 11.3 Å². The summed E-state index contributed by atoms with van der Waals surface area (Å²) >= 11 is 13.4. The second-order valence-corrected chi connectivity index (χ2v) is 7.62.